The SMILES string of the molecule is O=C(O)c1ccc2c(c1)N(C[C@@H]1CCN1)C[C@@]1(CCCc3cc(Cl)ccc31)CO2. The van der Waals surface area contributed by atoms with Gasteiger partial charge in [0.2, 0.25) is 0 Å². The molecule has 0 radical (unpaired) electrons. The Kier molecular flexibility index (Phi) is 4.67. The average molecular weight is 413 g/mol. The smallest absolute Gasteiger partial charge is 0.335 e. The Balaban J connectivity index is 1.57. The number of benzene rings is 2. The third-order valence-electron chi connectivity index (χ3n) is 6.65. The number of carboxylic acids is 1. The Labute approximate surface area is 175 Å². The fourth-order valence-corrected chi connectivity index (χ4v) is 5.21. The van der Waals surface area contributed by atoms with Gasteiger partial charge in [-0.25, -0.2) is 4.79 Å². The van der Waals surface area contributed by atoms with Crippen LogP contribution in [0.5, 0.6) is 5.75 Å². The molecule has 0 aromatic heterocycles. The summed E-state index contributed by atoms with van der Waals surface area (Å²) in [6.45, 7) is 3.30. The van der Waals surface area contributed by atoms with Gasteiger partial charge in [-0.3, -0.25) is 0 Å². The number of aromatic carboxylic acids is 1. The molecular formula is C23H25ClN2O3. The summed E-state index contributed by atoms with van der Waals surface area (Å²) in [7, 11) is 0. The highest BCUT2D eigenvalue weighted by Crippen LogP contribution is 2.44. The van der Waals surface area contributed by atoms with Crippen molar-refractivity contribution in [3.05, 3.63) is 58.1 Å². The Morgan fingerprint density at radius 2 is 2.17 bits per heavy atom. The van der Waals surface area contributed by atoms with Crippen molar-refractivity contribution in [1.29, 1.82) is 0 Å². The number of fused-ring (bicyclic) bond motifs is 3. The lowest BCUT2D eigenvalue weighted by molar-refractivity contribution is 0.0697. The minimum atomic E-state index is -0.911. The molecule has 2 atom stereocenters. The lowest BCUT2D eigenvalue weighted by atomic mass is 9.70. The van der Waals surface area contributed by atoms with Crippen molar-refractivity contribution in [1.82, 2.24) is 5.32 Å². The van der Waals surface area contributed by atoms with Crippen LogP contribution in [-0.2, 0) is 11.8 Å². The molecular weight excluding hydrogens is 388 g/mol. The molecule has 152 valence electrons. The maximum Gasteiger partial charge on any atom is 0.335 e. The first-order chi connectivity index (χ1) is 14.0. The number of ether oxygens (including phenoxy) is 1. The minimum absolute atomic E-state index is 0.121. The van der Waals surface area contributed by atoms with Crippen LogP contribution in [0.2, 0.25) is 5.02 Å². The van der Waals surface area contributed by atoms with Crippen molar-refractivity contribution in [3.8, 4) is 5.75 Å². The Morgan fingerprint density at radius 1 is 1.31 bits per heavy atom. The van der Waals surface area contributed by atoms with Gasteiger partial charge in [0, 0.05) is 29.6 Å². The van der Waals surface area contributed by atoms with Crippen LogP contribution in [0, 0.1) is 0 Å². The molecule has 6 heteroatoms. The van der Waals surface area contributed by atoms with Crippen LogP contribution in [-0.4, -0.2) is 43.4 Å². The lowest BCUT2D eigenvalue weighted by Gasteiger charge is -2.42. The molecule has 1 saturated heterocycles. The summed E-state index contributed by atoms with van der Waals surface area (Å²) >= 11 is 6.27. The lowest BCUT2D eigenvalue weighted by Crippen LogP contribution is -2.53. The van der Waals surface area contributed by atoms with E-state index < -0.39 is 5.97 Å². The van der Waals surface area contributed by atoms with Crippen LogP contribution in [0.1, 0.15) is 40.7 Å². The van der Waals surface area contributed by atoms with Gasteiger partial charge in [-0.15, -0.1) is 0 Å². The number of anilines is 1. The first kappa shape index (κ1) is 18.8. The van der Waals surface area contributed by atoms with E-state index in [0.29, 0.717) is 18.2 Å². The van der Waals surface area contributed by atoms with Gasteiger partial charge in [0.25, 0.3) is 0 Å². The van der Waals surface area contributed by atoms with Crippen molar-refractivity contribution in [2.24, 2.45) is 0 Å². The third-order valence-corrected chi connectivity index (χ3v) is 6.89. The molecule has 0 saturated carbocycles. The van der Waals surface area contributed by atoms with Crippen molar-refractivity contribution >= 4 is 23.3 Å². The van der Waals surface area contributed by atoms with Crippen LogP contribution < -0.4 is 15.0 Å². The van der Waals surface area contributed by atoms with E-state index in [-0.39, 0.29) is 5.41 Å². The summed E-state index contributed by atoms with van der Waals surface area (Å²) in [5.74, 6) is -0.140. The summed E-state index contributed by atoms with van der Waals surface area (Å²) in [4.78, 5) is 13.9. The maximum atomic E-state index is 11.6. The monoisotopic (exact) mass is 412 g/mol. The Morgan fingerprint density at radius 3 is 2.93 bits per heavy atom. The highest BCUT2D eigenvalue weighted by Gasteiger charge is 2.42. The molecule has 1 aliphatic carbocycles. The quantitative estimate of drug-likeness (QED) is 0.801. The Bertz CT molecular complexity index is 959. The number of rotatable bonds is 3. The second-order valence-electron chi connectivity index (χ2n) is 8.53. The Hall–Kier alpha value is -2.24. The second kappa shape index (κ2) is 7.22. The van der Waals surface area contributed by atoms with Gasteiger partial charge in [0.1, 0.15) is 5.75 Å². The van der Waals surface area contributed by atoms with E-state index in [0.717, 1.165) is 61.8 Å². The van der Waals surface area contributed by atoms with Gasteiger partial charge in [0.15, 0.2) is 0 Å². The number of hydrogen-bond acceptors (Lipinski definition) is 4. The van der Waals surface area contributed by atoms with Crippen LogP contribution >= 0.6 is 11.6 Å². The predicted molar refractivity (Wildman–Crippen MR) is 114 cm³/mol. The van der Waals surface area contributed by atoms with Gasteiger partial charge in [0.05, 0.1) is 17.9 Å². The summed E-state index contributed by atoms with van der Waals surface area (Å²) in [5.41, 5.74) is 3.70. The van der Waals surface area contributed by atoms with E-state index in [1.54, 1.807) is 12.1 Å². The molecule has 2 aliphatic heterocycles. The molecule has 0 bridgehead atoms. The maximum absolute atomic E-state index is 11.6. The third kappa shape index (κ3) is 3.36. The molecule has 3 aliphatic rings. The number of nitrogens with zero attached hydrogens (tertiary/aromatic N) is 1. The molecule has 1 spiro atoms. The first-order valence-corrected chi connectivity index (χ1v) is 10.7. The van der Waals surface area contributed by atoms with Gasteiger partial charge in [-0.2, -0.15) is 0 Å². The first-order valence-electron chi connectivity index (χ1n) is 10.3. The standard InChI is InChI=1S/C23H25ClN2O3/c24-17-4-5-19-15(10-17)2-1-8-23(19)13-26(12-18-7-9-25-18)20-11-16(22(27)28)3-6-21(20)29-14-23/h3-6,10-11,18,25H,1-2,7-9,12-14H2,(H,27,28)/t18-,23-/m0/s1. The number of nitrogens with one attached hydrogen (secondary N) is 1. The van der Waals surface area contributed by atoms with Gasteiger partial charge < -0.3 is 20.1 Å². The van der Waals surface area contributed by atoms with Gasteiger partial charge in [-0.05, 0) is 73.7 Å². The molecule has 5 nitrogen and oxygen atoms in total. The molecule has 0 unspecified atom stereocenters. The highest BCUT2D eigenvalue weighted by atomic mass is 35.5. The highest BCUT2D eigenvalue weighted by molar-refractivity contribution is 6.30. The van der Waals surface area contributed by atoms with E-state index >= 15 is 0 Å². The zero-order chi connectivity index (χ0) is 20.0. The number of carbonyl (C=O) groups is 1. The van der Waals surface area contributed by atoms with Crippen LogP contribution in [0.3, 0.4) is 0 Å². The molecule has 29 heavy (non-hydrogen) atoms. The largest absolute Gasteiger partial charge is 0.490 e. The van der Waals surface area contributed by atoms with Crippen LogP contribution in [0.15, 0.2) is 36.4 Å². The molecule has 0 amide bonds. The average Bonchev–Trinajstić information content (AvgIpc) is 2.82. The number of carboxylic acid groups (broad SMARTS) is 1. The van der Waals surface area contributed by atoms with Gasteiger partial charge in [-0.1, -0.05) is 17.7 Å². The normalized spacial score (nSPS) is 25.4. The van der Waals surface area contributed by atoms with E-state index in [1.165, 1.54) is 11.1 Å². The zero-order valence-corrected chi connectivity index (χ0v) is 17.0. The van der Waals surface area contributed by atoms with E-state index in [9.17, 15) is 9.90 Å². The zero-order valence-electron chi connectivity index (χ0n) is 16.3. The topological polar surface area (TPSA) is 61.8 Å². The number of hydrogen-bond donors (Lipinski definition) is 2. The molecule has 1 fully saturated rings. The molecule has 2 aromatic carbocycles. The fourth-order valence-electron chi connectivity index (χ4n) is 5.02. The van der Waals surface area contributed by atoms with Crippen LogP contribution in [0.4, 0.5) is 5.69 Å². The molecule has 2 N–H and O–H groups in total. The van der Waals surface area contributed by atoms with Crippen molar-refractivity contribution in [2.45, 2.75) is 37.1 Å². The van der Waals surface area contributed by atoms with Crippen molar-refractivity contribution in [2.75, 3.05) is 31.1 Å². The molecule has 5 rings (SSSR count). The molecule has 2 heterocycles. The minimum Gasteiger partial charge on any atom is -0.490 e. The summed E-state index contributed by atoms with van der Waals surface area (Å²) < 4.78 is 6.34. The second-order valence-corrected chi connectivity index (χ2v) is 8.97. The van der Waals surface area contributed by atoms with Gasteiger partial charge >= 0.3 is 5.97 Å². The van der Waals surface area contributed by atoms with Crippen molar-refractivity contribution in [3.63, 3.8) is 0 Å². The van der Waals surface area contributed by atoms with Crippen LogP contribution in [0.25, 0.3) is 0 Å². The van der Waals surface area contributed by atoms with E-state index in [1.807, 2.05) is 12.1 Å². The number of halogens is 1. The predicted octanol–water partition coefficient (Wildman–Crippen LogP) is 3.87. The molecule has 2 aromatic rings. The summed E-state index contributed by atoms with van der Waals surface area (Å²) in [5, 5.41) is 13.8. The summed E-state index contributed by atoms with van der Waals surface area (Å²) in [6.07, 6.45) is 4.33. The summed E-state index contributed by atoms with van der Waals surface area (Å²) in [6, 6.07) is 11.9. The van der Waals surface area contributed by atoms with E-state index in [4.69, 9.17) is 16.3 Å². The van der Waals surface area contributed by atoms with E-state index in [2.05, 4.69) is 22.3 Å². The van der Waals surface area contributed by atoms with Crippen molar-refractivity contribution < 1.29 is 14.6 Å². The fraction of sp³-hybridized carbons (Fsp3) is 0.435. The number of aryl methyl sites for hydroxylation is 1.